The number of hydrogen-bond donors (Lipinski definition) is 0. The first-order valence-corrected chi connectivity index (χ1v) is 6.93. The van der Waals surface area contributed by atoms with E-state index in [2.05, 4.69) is 31.7 Å². The summed E-state index contributed by atoms with van der Waals surface area (Å²) in [6.45, 7) is 9.57. The zero-order chi connectivity index (χ0) is 14.3. The first-order chi connectivity index (χ1) is 9.14. The van der Waals surface area contributed by atoms with Gasteiger partial charge in [0, 0.05) is 18.7 Å². The summed E-state index contributed by atoms with van der Waals surface area (Å²) in [5.74, 6) is 1.55. The number of hydrogen-bond acceptors (Lipinski definition) is 3. The first-order valence-electron chi connectivity index (χ1n) is 6.93. The van der Waals surface area contributed by atoms with Crippen molar-refractivity contribution >= 4 is 0 Å². The molecule has 0 aliphatic rings. The van der Waals surface area contributed by atoms with Crippen LogP contribution in [0.2, 0.25) is 0 Å². The Bertz CT molecular complexity index is 437. The van der Waals surface area contributed by atoms with Crippen molar-refractivity contribution in [2.24, 2.45) is 5.92 Å². The van der Waals surface area contributed by atoms with Gasteiger partial charge in [0.05, 0.1) is 18.7 Å². The standard InChI is InChI=1S/C16H24N2O/c1-5-13(3)11-18(6-2)12-15-9-14(10-17)7-8-16(15)19-4/h7-9,13H,5-6,11-12H2,1-4H3. The van der Waals surface area contributed by atoms with E-state index in [4.69, 9.17) is 10.00 Å². The number of benzene rings is 1. The number of methoxy groups -OCH3 is 1. The van der Waals surface area contributed by atoms with Gasteiger partial charge in [-0.15, -0.1) is 0 Å². The van der Waals surface area contributed by atoms with Gasteiger partial charge in [-0.3, -0.25) is 4.90 Å². The van der Waals surface area contributed by atoms with Gasteiger partial charge in [-0.05, 0) is 30.7 Å². The molecule has 0 fully saturated rings. The zero-order valence-electron chi connectivity index (χ0n) is 12.4. The summed E-state index contributed by atoms with van der Waals surface area (Å²) in [6, 6.07) is 7.80. The number of ether oxygens (including phenoxy) is 1. The highest BCUT2D eigenvalue weighted by Gasteiger charge is 2.11. The van der Waals surface area contributed by atoms with Crippen molar-refractivity contribution in [1.82, 2.24) is 4.90 Å². The van der Waals surface area contributed by atoms with E-state index in [1.165, 1.54) is 6.42 Å². The average Bonchev–Trinajstić information content (AvgIpc) is 2.45. The molecule has 104 valence electrons. The molecule has 1 aromatic rings. The van der Waals surface area contributed by atoms with Crippen LogP contribution in [0.3, 0.4) is 0 Å². The second-order valence-electron chi connectivity index (χ2n) is 4.98. The summed E-state index contributed by atoms with van der Waals surface area (Å²) in [5.41, 5.74) is 1.78. The number of nitrogens with zero attached hydrogens (tertiary/aromatic N) is 2. The molecule has 19 heavy (non-hydrogen) atoms. The van der Waals surface area contributed by atoms with Crippen molar-refractivity contribution < 1.29 is 4.74 Å². The Kier molecular flexibility index (Phi) is 6.38. The fraction of sp³-hybridized carbons (Fsp3) is 0.562. The third-order valence-corrected chi connectivity index (χ3v) is 3.52. The summed E-state index contributed by atoms with van der Waals surface area (Å²) in [6.07, 6.45) is 1.19. The van der Waals surface area contributed by atoms with Gasteiger partial charge in [0.1, 0.15) is 5.75 Å². The third kappa shape index (κ3) is 4.57. The smallest absolute Gasteiger partial charge is 0.123 e. The van der Waals surface area contributed by atoms with Gasteiger partial charge in [0.15, 0.2) is 0 Å². The highest BCUT2D eigenvalue weighted by molar-refractivity contribution is 5.42. The summed E-state index contributed by atoms with van der Waals surface area (Å²) in [5, 5.41) is 9.00. The van der Waals surface area contributed by atoms with Crippen LogP contribution in [0.4, 0.5) is 0 Å². The maximum absolute atomic E-state index is 9.00. The molecule has 0 amide bonds. The molecule has 0 saturated carbocycles. The van der Waals surface area contributed by atoms with Crippen LogP contribution in [0, 0.1) is 17.2 Å². The average molecular weight is 260 g/mol. The van der Waals surface area contributed by atoms with E-state index >= 15 is 0 Å². The predicted molar refractivity (Wildman–Crippen MR) is 78.1 cm³/mol. The molecule has 1 unspecified atom stereocenters. The Hall–Kier alpha value is -1.53. The molecule has 0 aromatic heterocycles. The molecule has 1 atom stereocenters. The summed E-state index contributed by atoms with van der Waals surface area (Å²) in [7, 11) is 1.68. The van der Waals surface area contributed by atoms with Gasteiger partial charge in [0.2, 0.25) is 0 Å². The van der Waals surface area contributed by atoms with Gasteiger partial charge < -0.3 is 4.74 Å². The zero-order valence-corrected chi connectivity index (χ0v) is 12.4. The van der Waals surface area contributed by atoms with Crippen LogP contribution in [0.25, 0.3) is 0 Å². The lowest BCUT2D eigenvalue weighted by molar-refractivity contribution is 0.235. The topological polar surface area (TPSA) is 36.3 Å². The maximum atomic E-state index is 9.00. The number of rotatable bonds is 7. The highest BCUT2D eigenvalue weighted by atomic mass is 16.5. The molecule has 0 saturated heterocycles. The highest BCUT2D eigenvalue weighted by Crippen LogP contribution is 2.22. The van der Waals surface area contributed by atoms with E-state index in [0.717, 1.165) is 30.9 Å². The van der Waals surface area contributed by atoms with E-state index in [-0.39, 0.29) is 0 Å². The quantitative estimate of drug-likeness (QED) is 0.753. The Morgan fingerprint density at radius 2 is 2.11 bits per heavy atom. The Morgan fingerprint density at radius 3 is 2.63 bits per heavy atom. The van der Waals surface area contributed by atoms with Crippen LogP contribution >= 0.6 is 0 Å². The van der Waals surface area contributed by atoms with E-state index in [1.54, 1.807) is 13.2 Å². The van der Waals surface area contributed by atoms with Crippen molar-refractivity contribution in [3.05, 3.63) is 29.3 Å². The van der Waals surface area contributed by atoms with Crippen LogP contribution in [-0.2, 0) is 6.54 Å². The normalized spacial score (nSPS) is 12.2. The van der Waals surface area contributed by atoms with Gasteiger partial charge in [-0.25, -0.2) is 0 Å². The van der Waals surface area contributed by atoms with E-state index in [0.29, 0.717) is 11.5 Å². The minimum absolute atomic E-state index is 0.685. The summed E-state index contributed by atoms with van der Waals surface area (Å²) in [4.78, 5) is 2.40. The molecule has 0 aliphatic carbocycles. The second kappa shape index (κ2) is 7.81. The SMILES string of the molecule is CCC(C)CN(CC)Cc1cc(C#N)ccc1OC. The van der Waals surface area contributed by atoms with Crippen molar-refractivity contribution in [1.29, 1.82) is 5.26 Å². The lowest BCUT2D eigenvalue weighted by atomic mass is 10.1. The van der Waals surface area contributed by atoms with Crippen molar-refractivity contribution in [2.75, 3.05) is 20.2 Å². The van der Waals surface area contributed by atoms with Crippen LogP contribution in [0.1, 0.15) is 38.3 Å². The Morgan fingerprint density at radius 1 is 1.37 bits per heavy atom. The lowest BCUT2D eigenvalue weighted by Gasteiger charge is -2.24. The van der Waals surface area contributed by atoms with E-state index in [9.17, 15) is 0 Å². The molecule has 1 rings (SSSR count). The predicted octanol–water partition coefficient (Wildman–Crippen LogP) is 3.43. The largest absolute Gasteiger partial charge is 0.496 e. The molecular weight excluding hydrogens is 236 g/mol. The maximum Gasteiger partial charge on any atom is 0.123 e. The van der Waals surface area contributed by atoms with Crippen LogP contribution < -0.4 is 4.74 Å². The van der Waals surface area contributed by atoms with Gasteiger partial charge in [0.25, 0.3) is 0 Å². The Balaban J connectivity index is 2.86. The van der Waals surface area contributed by atoms with Gasteiger partial charge >= 0.3 is 0 Å². The van der Waals surface area contributed by atoms with Crippen molar-refractivity contribution in [3.8, 4) is 11.8 Å². The van der Waals surface area contributed by atoms with Crippen molar-refractivity contribution in [2.45, 2.75) is 33.7 Å². The molecule has 1 aromatic carbocycles. The van der Waals surface area contributed by atoms with Crippen LogP contribution in [0.5, 0.6) is 5.75 Å². The van der Waals surface area contributed by atoms with E-state index in [1.807, 2.05) is 12.1 Å². The fourth-order valence-electron chi connectivity index (χ4n) is 2.09. The van der Waals surface area contributed by atoms with E-state index < -0.39 is 0 Å². The molecule has 0 bridgehead atoms. The fourth-order valence-corrected chi connectivity index (χ4v) is 2.09. The minimum atomic E-state index is 0.685. The molecule has 0 spiro atoms. The summed E-state index contributed by atoms with van der Waals surface area (Å²) < 4.78 is 5.39. The van der Waals surface area contributed by atoms with Crippen LogP contribution in [0.15, 0.2) is 18.2 Å². The minimum Gasteiger partial charge on any atom is -0.496 e. The molecule has 3 heteroatoms. The molecule has 0 N–H and O–H groups in total. The second-order valence-corrected chi connectivity index (χ2v) is 4.98. The van der Waals surface area contributed by atoms with Crippen molar-refractivity contribution in [3.63, 3.8) is 0 Å². The molecule has 0 radical (unpaired) electrons. The first kappa shape index (κ1) is 15.5. The summed E-state index contributed by atoms with van der Waals surface area (Å²) >= 11 is 0. The van der Waals surface area contributed by atoms with Gasteiger partial charge in [-0.2, -0.15) is 5.26 Å². The lowest BCUT2D eigenvalue weighted by Crippen LogP contribution is -2.28. The van der Waals surface area contributed by atoms with Gasteiger partial charge in [-0.1, -0.05) is 27.2 Å². The molecule has 3 nitrogen and oxygen atoms in total. The third-order valence-electron chi connectivity index (χ3n) is 3.52. The molecule has 0 heterocycles. The Labute approximate surface area is 116 Å². The monoisotopic (exact) mass is 260 g/mol. The molecule has 0 aliphatic heterocycles. The number of nitriles is 1. The molecular formula is C16H24N2O. The van der Waals surface area contributed by atoms with Crippen LogP contribution in [-0.4, -0.2) is 25.1 Å².